The number of aliphatic hydroxyl groups is 1. The van der Waals surface area contributed by atoms with Gasteiger partial charge >= 0.3 is 0 Å². The van der Waals surface area contributed by atoms with Crippen LogP contribution in [0.2, 0.25) is 0 Å². The highest BCUT2D eigenvalue weighted by atomic mass is 32.1. The Balaban J connectivity index is 1.93. The molecule has 1 aliphatic rings. The zero-order valence-electron chi connectivity index (χ0n) is 9.31. The number of likely N-dealkylation sites (tertiary alicyclic amines) is 1. The van der Waals surface area contributed by atoms with Gasteiger partial charge in [0.15, 0.2) is 0 Å². The molecular formula is C11H18N2OS. The average molecular weight is 226 g/mol. The molecule has 2 heterocycles. The first-order valence-electron chi connectivity index (χ1n) is 5.50. The summed E-state index contributed by atoms with van der Waals surface area (Å²) in [6.07, 6.45) is 2.76. The van der Waals surface area contributed by atoms with E-state index in [4.69, 9.17) is 0 Å². The maximum Gasteiger partial charge on any atom is 0.107 e. The van der Waals surface area contributed by atoms with Gasteiger partial charge in [-0.15, -0.1) is 11.3 Å². The molecule has 15 heavy (non-hydrogen) atoms. The Kier molecular flexibility index (Phi) is 3.38. The number of hydrogen-bond acceptors (Lipinski definition) is 4. The summed E-state index contributed by atoms with van der Waals surface area (Å²) < 4.78 is 0. The average Bonchev–Trinajstić information content (AvgIpc) is 2.76. The standard InChI is InChI=1S/C11H18N2OS/c1-8(2)10-5-12-11(15-10)7-13-4-3-9(14)6-13/h5,8-9,14H,3-4,6-7H2,1-2H3/t9-/m1/s1. The molecule has 1 aromatic rings. The van der Waals surface area contributed by atoms with Gasteiger partial charge in [0.1, 0.15) is 5.01 Å². The van der Waals surface area contributed by atoms with E-state index in [1.165, 1.54) is 9.88 Å². The van der Waals surface area contributed by atoms with Crippen LogP contribution in [0.15, 0.2) is 6.20 Å². The first kappa shape index (κ1) is 11.0. The molecule has 1 atom stereocenters. The zero-order valence-corrected chi connectivity index (χ0v) is 10.1. The van der Waals surface area contributed by atoms with E-state index >= 15 is 0 Å². The Labute approximate surface area is 94.8 Å². The number of aliphatic hydroxyl groups excluding tert-OH is 1. The molecule has 0 saturated carbocycles. The number of thiazole rings is 1. The van der Waals surface area contributed by atoms with Crippen molar-refractivity contribution in [2.75, 3.05) is 13.1 Å². The lowest BCUT2D eigenvalue weighted by molar-refractivity contribution is 0.175. The largest absolute Gasteiger partial charge is 0.392 e. The van der Waals surface area contributed by atoms with Gasteiger partial charge in [-0.3, -0.25) is 4.90 Å². The number of β-amino-alcohol motifs (C(OH)–C–C–N with tert-alkyl or cyclic N) is 1. The minimum Gasteiger partial charge on any atom is -0.392 e. The van der Waals surface area contributed by atoms with Crippen molar-refractivity contribution in [3.63, 3.8) is 0 Å². The summed E-state index contributed by atoms with van der Waals surface area (Å²) in [4.78, 5) is 8.04. The topological polar surface area (TPSA) is 36.4 Å². The van der Waals surface area contributed by atoms with E-state index in [1.807, 2.05) is 6.20 Å². The quantitative estimate of drug-likeness (QED) is 0.854. The van der Waals surface area contributed by atoms with E-state index in [0.29, 0.717) is 5.92 Å². The normalized spacial score (nSPS) is 22.8. The minimum atomic E-state index is -0.130. The van der Waals surface area contributed by atoms with Crippen LogP contribution in [0, 0.1) is 0 Å². The molecule has 1 fully saturated rings. The van der Waals surface area contributed by atoms with Gasteiger partial charge in [0, 0.05) is 24.2 Å². The molecule has 4 heteroatoms. The van der Waals surface area contributed by atoms with Crippen molar-refractivity contribution in [2.24, 2.45) is 0 Å². The molecule has 0 spiro atoms. The molecule has 0 aliphatic carbocycles. The van der Waals surface area contributed by atoms with Crippen LogP contribution in [0.4, 0.5) is 0 Å². The van der Waals surface area contributed by atoms with Gasteiger partial charge in [-0.05, 0) is 12.3 Å². The first-order valence-corrected chi connectivity index (χ1v) is 6.32. The zero-order chi connectivity index (χ0) is 10.8. The van der Waals surface area contributed by atoms with Crippen molar-refractivity contribution < 1.29 is 5.11 Å². The van der Waals surface area contributed by atoms with Crippen LogP contribution in [0.5, 0.6) is 0 Å². The molecule has 0 aromatic carbocycles. The van der Waals surface area contributed by atoms with E-state index in [9.17, 15) is 5.11 Å². The van der Waals surface area contributed by atoms with Crippen LogP contribution in [0.1, 0.15) is 36.1 Å². The van der Waals surface area contributed by atoms with Gasteiger partial charge in [0.25, 0.3) is 0 Å². The highest BCUT2D eigenvalue weighted by Crippen LogP contribution is 2.23. The molecule has 0 unspecified atom stereocenters. The second-order valence-corrected chi connectivity index (χ2v) is 5.64. The van der Waals surface area contributed by atoms with E-state index < -0.39 is 0 Å². The molecule has 1 N–H and O–H groups in total. The van der Waals surface area contributed by atoms with Gasteiger partial charge in [0.2, 0.25) is 0 Å². The second kappa shape index (κ2) is 4.60. The van der Waals surface area contributed by atoms with E-state index in [0.717, 1.165) is 26.1 Å². The summed E-state index contributed by atoms with van der Waals surface area (Å²) in [5, 5.41) is 10.6. The molecule has 1 saturated heterocycles. The van der Waals surface area contributed by atoms with Crippen LogP contribution >= 0.6 is 11.3 Å². The van der Waals surface area contributed by atoms with Gasteiger partial charge in [-0.25, -0.2) is 4.98 Å². The molecule has 84 valence electrons. The van der Waals surface area contributed by atoms with Crippen molar-refractivity contribution in [1.82, 2.24) is 9.88 Å². The monoisotopic (exact) mass is 226 g/mol. The van der Waals surface area contributed by atoms with Crippen LogP contribution in [-0.2, 0) is 6.54 Å². The van der Waals surface area contributed by atoms with Gasteiger partial charge in [-0.2, -0.15) is 0 Å². The maximum atomic E-state index is 9.41. The number of hydrogen-bond donors (Lipinski definition) is 1. The van der Waals surface area contributed by atoms with E-state index in [2.05, 4.69) is 23.7 Å². The van der Waals surface area contributed by atoms with Crippen molar-refractivity contribution >= 4 is 11.3 Å². The lowest BCUT2D eigenvalue weighted by Gasteiger charge is -2.12. The van der Waals surface area contributed by atoms with Crippen molar-refractivity contribution in [2.45, 2.75) is 38.8 Å². The predicted molar refractivity (Wildman–Crippen MR) is 62.1 cm³/mol. The summed E-state index contributed by atoms with van der Waals surface area (Å²) in [6.45, 7) is 7.08. The van der Waals surface area contributed by atoms with Gasteiger partial charge in [0.05, 0.1) is 12.6 Å². The molecule has 2 rings (SSSR count). The van der Waals surface area contributed by atoms with Crippen LogP contribution in [-0.4, -0.2) is 34.2 Å². The lowest BCUT2D eigenvalue weighted by atomic mass is 10.2. The fourth-order valence-corrected chi connectivity index (χ4v) is 2.78. The summed E-state index contributed by atoms with van der Waals surface area (Å²) in [5.41, 5.74) is 0. The molecule has 1 aliphatic heterocycles. The Morgan fingerprint density at radius 2 is 2.47 bits per heavy atom. The Hall–Kier alpha value is -0.450. The Morgan fingerprint density at radius 1 is 1.67 bits per heavy atom. The number of nitrogens with zero attached hydrogens (tertiary/aromatic N) is 2. The highest BCUT2D eigenvalue weighted by molar-refractivity contribution is 7.11. The van der Waals surface area contributed by atoms with Crippen LogP contribution in [0.3, 0.4) is 0 Å². The second-order valence-electron chi connectivity index (χ2n) is 4.49. The predicted octanol–water partition coefficient (Wildman–Crippen LogP) is 1.83. The summed E-state index contributed by atoms with van der Waals surface area (Å²) in [5.74, 6) is 0.570. The summed E-state index contributed by atoms with van der Waals surface area (Å²) in [7, 11) is 0. The fourth-order valence-electron chi connectivity index (χ4n) is 1.81. The van der Waals surface area contributed by atoms with Gasteiger partial charge in [-0.1, -0.05) is 13.8 Å². The fraction of sp³-hybridized carbons (Fsp3) is 0.727. The first-order chi connectivity index (χ1) is 7.15. The number of rotatable bonds is 3. The van der Waals surface area contributed by atoms with Crippen molar-refractivity contribution in [1.29, 1.82) is 0 Å². The molecule has 0 radical (unpaired) electrons. The van der Waals surface area contributed by atoms with Gasteiger partial charge < -0.3 is 5.11 Å². The SMILES string of the molecule is CC(C)c1cnc(CN2CC[C@@H](O)C2)s1. The third kappa shape index (κ3) is 2.77. The van der Waals surface area contributed by atoms with Crippen molar-refractivity contribution in [3.8, 4) is 0 Å². The molecule has 0 amide bonds. The van der Waals surface area contributed by atoms with Crippen LogP contribution in [0.25, 0.3) is 0 Å². The summed E-state index contributed by atoms with van der Waals surface area (Å²) in [6, 6.07) is 0. The summed E-state index contributed by atoms with van der Waals surface area (Å²) >= 11 is 1.79. The third-order valence-electron chi connectivity index (χ3n) is 2.75. The Morgan fingerprint density at radius 3 is 3.00 bits per heavy atom. The third-order valence-corrected chi connectivity index (χ3v) is 4.03. The Bertz CT molecular complexity index is 324. The molecule has 3 nitrogen and oxygen atoms in total. The van der Waals surface area contributed by atoms with E-state index in [1.54, 1.807) is 11.3 Å². The maximum absolute atomic E-state index is 9.41. The molecule has 1 aromatic heterocycles. The highest BCUT2D eigenvalue weighted by Gasteiger charge is 2.21. The smallest absolute Gasteiger partial charge is 0.107 e. The lowest BCUT2D eigenvalue weighted by Crippen LogP contribution is -2.21. The molecular weight excluding hydrogens is 208 g/mol. The minimum absolute atomic E-state index is 0.130. The van der Waals surface area contributed by atoms with E-state index in [-0.39, 0.29) is 6.10 Å². The van der Waals surface area contributed by atoms with Crippen molar-refractivity contribution in [3.05, 3.63) is 16.1 Å². The van der Waals surface area contributed by atoms with Crippen LogP contribution < -0.4 is 0 Å². The number of aromatic nitrogens is 1. The molecule has 0 bridgehead atoms.